The van der Waals surface area contributed by atoms with Gasteiger partial charge in [0.2, 0.25) is 0 Å². The van der Waals surface area contributed by atoms with Crippen LogP contribution in [0.3, 0.4) is 0 Å². The van der Waals surface area contributed by atoms with Gasteiger partial charge in [-0.3, -0.25) is 29.1 Å². The van der Waals surface area contributed by atoms with Crippen LogP contribution in [0.25, 0.3) is 0 Å². The van der Waals surface area contributed by atoms with Crippen molar-refractivity contribution in [1.82, 2.24) is 14.7 Å². The Balaban J connectivity index is 2.99. The molecular weight excluding hydrogens is 330 g/mol. The summed E-state index contributed by atoms with van der Waals surface area (Å²) in [6.45, 7) is 7.80. The van der Waals surface area contributed by atoms with E-state index in [4.69, 9.17) is 10.2 Å². The Kier molecular flexibility index (Phi) is 7.78. The van der Waals surface area contributed by atoms with Gasteiger partial charge >= 0.3 is 17.9 Å². The first-order valence-corrected chi connectivity index (χ1v) is 8.36. The van der Waals surface area contributed by atoms with Crippen LogP contribution < -0.4 is 0 Å². The normalized spacial score (nSPS) is 20.3. The van der Waals surface area contributed by atoms with E-state index in [9.17, 15) is 19.5 Å². The molecule has 1 unspecified atom stereocenters. The van der Waals surface area contributed by atoms with E-state index in [2.05, 4.69) is 0 Å². The van der Waals surface area contributed by atoms with Gasteiger partial charge in [-0.05, 0) is 5.41 Å². The van der Waals surface area contributed by atoms with Crippen LogP contribution in [-0.4, -0.2) is 106 Å². The monoisotopic (exact) mass is 359 g/mol. The van der Waals surface area contributed by atoms with Crippen molar-refractivity contribution >= 4 is 17.9 Å². The van der Waals surface area contributed by atoms with E-state index in [0.717, 1.165) is 0 Å². The number of carbonyl (C=O) groups is 3. The average Bonchev–Trinajstić information content (AvgIpc) is 2.50. The van der Waals surface area contributed by atoms with Crippen molar-refractivity contribution in [2.75, 3.05) is 52.4 Å². The van der Waals surface area contributed by atoms with Crippen LogP contribution in [0, 0.1) is 5.41 Å². The number of carboxylic acids is 3. The lowest BCUT2D eigenvalue weighted by atomic mass is 9.85. The van der Waals surface area contributed by atoms with Crippen molar-refractivity contribution in [3.63, 3.8) is 0 Å². The largest absolute Gasteiger partial charge is 0.480 e. The van der Waals surface area contributed by atoms with Crippen molar-refractivity contribution in [3.8, 4) is 0 Å². The summed E-state index contributed by atoms with van der Waals surface area (Å²) in [5.74, 6) is -2.84. The summed E-state index contributed by atoms with van der Waals surface area (Å²) >= 11 is 0. The molecule has 1 atom stereocenters. The van der Waals surface area contributed by atoms with Crippen molar-refractivity contribution < 1.29 is 29.7 Å². The highest BCUT2D eigenvalue weighted by molar-refractivity contribution is 5.74. The van der Waals surface area contributed by atoms with Crippen LogP contribution in [-0.2, 0) is 14.4 Å². The molecule has 1 saturated heterocycles. The minimum absolute atomic E-state index is 0.151. The highest BCUT2D eigenvalue weighted by atomic mass is 16.4. The zero-order valence-electron chi connectivity index (χ0n) is 15.1. The molecule has 144 valence electrons. The summed E-state index contributed by atoms with van der Waals surface area (Å²) in [5.41, 5.74) is -0.505. The highest BCUT2D eigenvalue weighted by Gasteiger charge is 2.37. The van der Waals surface area contributed by atoms with Gasteiger partial charge in [-0.15, -0.1) is 0 Å². The van der Waals surface area contributed by atoms with Crippen molar-refractivity contribution in [3.05, 3.63) is 0 Å². The summed E-state index contributed by atoms with van der Waals surface area (Å²) in [6.07, 6.45) is 0. The fraction of sp³-hybridized carbons (Fsp3) is 0.812. The summed E-state index contributed by atoms with van der Waals surface area (Å²) < 4.78 is 0. The number of nitrogens with zero attached hydrogens (tertiary/aromatic N) is 3. The van der Waals surface area contributed by atoms with Crippen molar-refractivity contribution in [2.45, 2.75) is 26.8 Å². The molecule has 0 aromatic rings. The van der Waals surface area contributed by atoms with Crippen LogP contribution in [0.15, 0.2) is 0 Å². The smallest absolute Gasteiger partial charge is 0.321 e. The Morgan fingerprint density at radius 3 is 1.44 bits per heavy atom. The predicted molar refractivity (Wildman–Crippen MR) is 90.6 cm³/mol. The third-order valence-corrected chi connectivity index (χ3v) is 4.28. The molecule has 1 fully saturated rings. The molecule has 1 rings (SSSR count). The second kappa shape index (κ2) is 9.12. The molecule has 1 heterocycles. The Hall–Kier alpha value is -1.71. The summed E-state index contributed by atoms with van der Waals surface area (Å²) in [4.78, 5) is 39.1. The highest BCUT2D eigenvalue weighted by Crippen LogP contribution is 2.25. The van der Waals surface area contributed by atoms with Gasteiger partial charge in [0.1, 0.15) is 6.04 Å². The maximum absolute atomic E-state index is 11.8. The first-order chi connectivity index (χ1) is 11.5. The molecule has 3 N–H and O–H groups in total. The number of carboxylic acid groups (broad SMARTS) is 3. The summed E-state index contributed by atoms with van der Waals surface area (Å²) in [6, 6.07) is -0.732. The van der Waals surface area contributed by atoms with Gasteiger partial charge in [0.25, 0.3) is 0 Å². The molecule has 0 aromatic heterocycles. The maximum atomic E-state index is 11.8. The molecule has 0 radical (unpaired) electrons. The van der Waals surface area contributed by atoms with E-state index in [0.29, 0.717) is 39.3 Å². The Morgan fingerprint density at radius 2 is 1.16 bits per heavy atom. The molecule has 1 aliphatic rings. The first-order valence-electron chi connectivity index (χ1n) is 8.36. The number of rotatable bonds is 6. The Bertz CT molecular complexity index is 463. The zero-order valence-corrected chi connectivity index (χ0v) is 15.1. The molecule has 0 aliphatic carbocycles. The third kappa shape index (κ3) is 7.37. The van der Waals surface area contributed by atoms with Gasteiger partial charge in [0.15, 0.2) is 0 Å². The van der Waals surface area contributed by atoms with Gasteiger partial charge < -0.3 is 15.3 Å². The molecule has 9 heteroatoms. The molecule has 25 heavy (non-hydrogen) atoms. The standard InChI is InChI=1S/C16H29N3O6/c1-16(2,3)14(15(24)25)19-8-6-17(10-12(20)21)4-5-18(7-9-19)11-13(22)23/h14H,4-11H2,1-3H3,(H,20,21)(H,22,23)(H,24,25). The van der Waals surface area contributed by atoms with Crippen LogP contribution >= 0.6 is 0 Å². The van der Waals surface area contributed by atoms with Crippen molar-refractivity contribution in [2.24, 2.45) is 5.41 Å². The third-order valence-electron chi connectivity index (χ3n) is 4.28. The topological polar surface area (TPSA) is 122 Å². The van der Waals surface area contributed by atoms with E-state index in [1.807, 2.05) is 25.7 Å². The lowest BCUT2D eigenvalue weighted by Crippen LogP contribution is -2.53. The van der Waals surface area contributed by atoms with E-state index in [1.54, 1.807) is 9.80 Å². The SMILES string of the molecule is CC(C)(C)C(C(=O)O)N1CCN(CC(=O)O)CCN(CC(=O)O)CC1. The molecule has 1 aliphatic heterocycles. The minimum Gasteiger partial charge on any atom is -0.480 e. The van der Waals surface area contributed by atoms with E-state index >= 15 is 0 Å². The zero-order chi connectivity index (χ0) is 19.2. The van der Waals surface area contributed by atoms with E-state index < -0.39 is 29.4 Å². The summed E-state index contributed by atoms with van der Waals surface area (Å²) in [7, 11) is 0. The number of aliphatic carboxylic acids is 3. The van der Waals surface area contributed by atoms with Crippen LogP contribution in [0.4, 0.5) is 0 Å². The second-order valence-corrected chi connectivity index (χ2v) is 7.48. The van der Waals surface area contributed by atoms with Crippen LogP contribution in [0.5, 0.6) is 0 Å². The van der Waals surface area contributed by atoms with Gasteiger partial charge in [0, 0.05) is 39.3 Å². The van der Waals surface area contributed by atoms with Gasteiger partial charge in [0.05, 0.1) is 13.1 Å². The van der Waals surface area contributed by atoms with Crippen LogP contribution in [0.1, 0.15) is 20.8 Å². The molecule has 9 nitrogen and oxygen atoms in total. The number of hydrogen-bond donors (Lipinski definition) is 3. The first kappa shape index (κ1) is 21.3. The predicted octanol–water partition coefficient (Wildman–Crippen LogP) is -0.425. The van der Waals surface area contributed by atoms with E-state index in [1.165, 1.54) is 0 Å². The van der Waals surface area contributed by atoms with Gasteiger partial charge in [-0.1, -0.05) is 20.8 Å². The fourth-order valence-corrected chi connectivity index (χ4v) is 3.19. The molecule has 0 spiro atoms. The van der Waals surface area contributed by atoms with Gasteiger partial charge in [-0.25, -0.2) is 0 Å². The Labute approximate surface area is 147 Å². The lowest BCUT2D eigenvalue weighted by molar-refractivity contribution is -0.148. The molecular formula is C16H29N3O6. The van der Waals surface area contributed by atoms with Crippen molar-refractivity contribution in [1.29, 1.82) is 0 Å². The molecule has 0 amide bonds. The number of hydrogen-bond acceptors (Lipinski definition) is 6. The minimum atomic E-state index is -0.957. The molecule has 0 bridgehead atoms. The fourth-order valence-electron chi connectivity index (χ4n) is 3.19. The second-order valence-electron chi connectivity index (χ2n) is 7.48. The molecule has 0 saturated carbocycles. The Morgan fingerprint density at radius 1 is 0.800 bits per heavy atom. The molecule has 0 aromatic carbocycles. The average molecular weight is 359 g/mol. The van der Waals surface area contributed by atoms with Crippen LogP contribution in [0.2, 0.25) is 0 Å². The van der Waals surface area contributed by atoms with Gasteiger partial charge in [-0.2, -0.15) is 0 Å². The summed E-state index contributed by atoms with van der Waals surface area (Å²) in [5, 5.41) is 27.7. The quantitative estimate of drug-likeness (QED) is 0.580. The van der Waals surface area contributed by atoms with E-state index in [-0.39, 0.29) is 13.1 Å². The maximum Gasteiger partial charge on any atom is 0.321 e. The lowest BCUT2D eigenvalue weighted by Gasteiger charge is -2.38.